The predicted molar refractivity (Wildman–Crippen MR) is 168 cm³/mol. The predicted octanol–water partition coefficient (Wildman–Crippen LogP) is 10.3. The number of carbonyl (C=O) groups excluding carboxylic acids is 1. The number of amides is 1. The van der Waals surface area contributed by atoms with Crippen LogP contribution in [0.1, 0.15) is 133 Å². The van der Waals surface area contributed by atoms with Crippen molar-refractivity contribution >= 4 is 5.91 Å². The number of hydrogen-bond acceptors (Lipinski definition) is 2. The second-order valence-electron chi connectivity index (χ2n) is 11.3. The highest BCUT2D eigenvalue weighted by Crippen LogP contribution is 2.49. The minimum absolute atomic E-state index is 0.0884. The van der Waals surface area contributed by atoms with E-state index in [0.717, 1.165) is 24.0 Å². The molecule has 41 heavy (non-hydrogen) atoms. The van der Waals surface area contributed by atoms with Crippen LogP contribution in [0.2, 0.25) is 0 Å². The summed E-state index contributed by atoms with van der Waals surface area (Å²) < 4.78 is 41.8. The van der Waals surface area contributed by atoms with Gasteiger partial charge in [0.15, 0.2) is 0 Å². The van der Waals surface area contributed by atoms with E-state index < -0.39 is 18.6 Å². The van der Waals surface area contributed by atoms with E-state index in [-0.39, 0.29) is 11.0 Å². The van der Waals surface area contributed by atoms with Gasteiger partial charge in [0.2, 0.25) is 0 Å². The van der Waals surface area contributed by atoms with E-state index in [0.29, 0.717) is 11.0 Å². The zero-order valence-corrected chi connectivity index (χ0v) is 28.0. The van der Waals surface area contributed by atoms with Gasteiger partial charge in [-0.2, -0.15) is 13.2 Å². The third kappa shape index (κ3) is 12.2. The van der Waals surface area contributed by atoms with Crippen molar-refractivity contribution in [1.29, 1.82) is 0 Å². The van der Waals surface area contributed by atoms with Gasteiger partial charge in [0.05, 0.1) is 5.60 Å². The molecule has 0 aliphatic heterocycles. The van der Waals surface area contributed by atoms with E-state index in [1.54, 1.807) is 19.2 Å². The van der Waals surface area contributed by atoms with Gasteiger partial charge in [-0.15, -0.1) is 0 Å². The highest BCUT2D eigenvalue weighted by molar-refractivity contribution is 5.94. The summed E-state index contributed by atoms with van der Waals surface area (Å²) in [4.78, 5) is 11.7. The lowest BCUT2D eigenvalue weighted by Crippen LogP contribution is -2.33. The van der Waals surface area contributed by atoms with Crippen LogP contribution in [0, 0.1) is 13.8 Å². The molecular weight excluding hydrogens is 523 g/mol. The Morgan fingerprint density at radius 1 is 0.780 bits per heavy atom. The van der Waals surface area contributed by atoms with Crippen LogP contribution in [0.4, 0.5) is 13.2 Å². The summed E-state index contributed by atoms with van der Waals surface area (Å²) in [6, 6.07) is 12.2. The third-order valence-corrected chi connectivity index (χ3v) is 7.47. The maximum Gasteiger partial charge on any atom is 0.405 e. The fraction of sp³-hybridized carbons (Fsp3) is 0.629. The Bertz CT molecular complexity index is 1080. The van der Waals surface area contributed by atoms with Gasteiger partial charge in [-0.05, 0) is 93.0 Å². The number of aryl methyl sites for hydroxylation is 2. The SMILES string of the molecule is CC.CC.CC.COC(C)(C)c1cc(C)cc(C2(C)CC2)c1.Cc1cc(C(=O)NCC(F)(F)F)cc(C2(C)CC2)c1. The quantitative estimate of drug-likeness (QED) is 0.370. The number of carbonyl (C=O) groups is 1. The number of alkyl halides is 3. The first kappa shape index (κ1) is 38.7. The van der Waals surface area contributed by atoms with Crippen LogP contribution in [-0.2, 0) is 21.2 Å². The first-order valence-electron chi connectivity index (χ1n) is 15.2. The molecule has 2 aliphatic carbocycles. The molecule has 2 aromatic carbocycles. The molecule has 234 valence electrons. The van der Waals surface area contributed by atoms with Gasteiger partial charge < -0.3 is 10.1 Å². The van der Waals surface area contributed by atoms with Crippen LogP contribution in [-0.4, -0.2) is 25.7 Å². The summed E-state index contributed by atoms with van der Waals surface area (Å²) in [6.45, 7) is 23.4. The summed E-state index contributed by atoms with van der Waals surface area (Å²) >= 11 is 0. The lowest BCUT2D eigenvalue weighted by Gasteiger charge is -2.25. The lowest BCUT2D eigenvalue weighted by molar-refractivity contribution is -0.123. The van der Waals surface area contributed by atoms with Gasteiger partial charge in [-0.1, -0.05) is 90.8 Å². The van der Waals surface area contributed by atoms with Crippen molar-refractivity contribution in [3.05, 3.63) is 69.8 Å². The van der Waals surface area contributed by atoms with Crippen LogP contribution in [0.5, 0.6) is 0 Å². The summed E-state index contributed by atoms with van der Waals surface area (Å²) in [5.41, 5.74) is 6.66. The molecule has 1 amide bonds. The van der Waals surface area contributed by atoms with Crippen LogP contribution in [0.3, 0.4) is 0 Å². The lowest BCUT2D eigenvalue weighted by atomic mass is 9.89. The van der Waals surface area contributed by atoms with E-state index in [4.69, 9.17) is 4.74 Å². The van der Waals surface area contributed by atoms with Gasteiger partial charge in [0.25, 0.3) is 5.91 Å². The van der Waals surface area contributed by atoms with Gasteiger partial charge in [-0.3, -0.25) is 4.79 Å². The first-order valence-corrected chi connectivity index (χ1v) is 15.2. The second kappa shape index (κ2) is 16.3. The van der Waals surface area contributed by atoms with E-state index >= 15 is 0 Å². The highest BCUT2D eigenvalue weighted by atomic mass is 19.4. The Morgan fingerprint density at radius 3 is 1.59 bits per heavy atom. The average Bonchev–Trinajstić information content (AvgIpc) is 3.88. The molecule has 0 aromatic heterocycles. The molecule has 0 radical (unpaired) electrons. The normalized spacial score (nSPS) is 15.6. The highest BCUT2D eigenvalue weighted by Gasteiger charge is 2.40. The number of rotatable bonds is 6. The van der Waals surface area contributed by atoms with Crippen LogP contribution < -0.4 is 5.32 Å². The van der Waals surface area contributed by atoms with Gasteiger partial charge >= 0.3 is 6.18 Å². The molecule has 2 aromatic rings. The molecule has 0 bridgehead atoms. The maximum atomic E-state index is 12.1. The zero-order valence-electron chi connectivity index (χ0n) is 28.0. The monoisotopic (exact) mass is 579 g/mol. The molecule has 0 unspecified atom stereocenters. The van der Waals surface area contributed by atoms with Crippen molar-refractivity contribution in [1.82, 2.24) is 5.32 Å². The van der Waals surface area contributed by atoms with Crippen molar-refractivity contribution in [2.45, 2.75) is 131 Å². The Balaban J connectivity index is 0.000000666. The smallest absolute Gasteiger partial charge is 0.374 e. The first-order chi connectivity index (χ1) is 19.1. The molecule has 0 spiro atoms. The Hall–Kier alpha value is -2.34. The standard InChI is InChI=1S/C15H22O.C14H16F3NO.3C2H6/c1-11-8-12(14(2,3)16-5)10-13(9-11)15(4)6-7-15;1-9-5-10(12(19)18-8-14(15,16)17)7-11(6-9)13(2)3-4-13;3*1-2/h8-10H,6-7H2,1-5H3;5-7H,3-4,8H2,1-2H3,(H,18,19);3*1-2H3. The van der Waals surface area contributed by atoms with Gasteiger partial charge in [-0.25, -0.2) is 0 Å². The zero-order chi connectivity index (χ0) is 32.2. The summed E-state index contributed by atoms with van der Waals surface area (Å²) in [5, 5.41) is 1.90. The number of halogens is 3. The fourth-order valence-electron chi connectivity index (χ4n) is 4.09. The summed E-state index contributed by atoms with van der Waals surface area (Å²) in [6.07, 6.45) is 0.373. The van der Waals surface area contributed by atoms with E-state index in [1.165, 1.54) is 29.5 Å². The van der Waals surface area contributed by atoms with Crippen molar-refractivity contribution in [2.24, 2.45) is 0 Å². The summed E-state index contributed by atoms with van der Waals surface area (Å²) in [5.74, 6) is -0.675. The third-order valence-electron chi connectivity index (χ3n) is 7.47. The molecule has 4 rings (SSSR count). The summed E-state index contributed by atoms with van der Waals surface area (Å²) in [7, 11) is 1.78. The molecule has 1 N–H and O–H groups in total. The Morgan fingerprint density at radius 2 is 1.20 bits per heavy atom. The number of nitrogens with one attached hydrogen (secondary N) is 1. The topological polar surface area (TPSA) is 38.3 Å². The van der Waals surface area contributed by atoms with Crippen LogP contribution in [0.25, 0.3) is 0 Å². The van der Waals surface area contributed by atoms with E-state index in [2.05, 4.69) is 52.8 Å². The molecule has 0 heterocycles. The maximum absolute atomic E-state index is 12.1. The molecule has 3 nitrogen and oxygen atoms in total. The Kier molecular flexibility index (Phi) is 15.4. The number of benzene rings is 2. The van der Waals surface area contributed by atoms with E-state index in [1.807, 2.05) is 59.8 Å². The number of hydrogen-bond donors (Lipinski definition) is 1. The fourth-order valence-corrected chi connectivity index (χ4v) is 4.09. The molecular formula is C35H56F3NO2. The molecule has 6 heteroatoms. The van der Waals surface area contributed by atoms with Crippen molar-refractivity contribution in [3.63, 3.8) is 0 Å². The second-order valence-corrected chi connectivity index (χ2v) is 11.3. The minimum Gasteiger partial charge on any atom is -0.374 e. The largest absolute Gasteiger partial charge is 0.405 e. The molecule has 0 saturated heterocycles. The van der Waals surface area contributed by atoms with Crippen molar-refractivity contribution < 1.29 is 22.7 Å². The molecule has 2 saturated carbocycles. The molecule has 2 aliphatic rings. The van der Waals surface area contributed by atoms with Crippen molar-refractivity contribution in [3.8, 4) is 0 Å². The number of ether oxygens (including phenoxy) is 1. The van der Waals surface area contributed by atoms with Gasteiger partial charge in [0.1, 0.15) is 6.54 Å². The average molecular weight is 580 g/mol. The minimum atomic E-state index is -4.38. The Labute approximate surface area is 248 Å². The van der Waals surface area contributed by atoms with Crippen LogP contribution in [0.15, 0.2) is 36.4 Å². The number of methoxy groups -OCH3 is 1. The van der Waals surface area contributed by atoms with E-state index in [9.17, 15) is 18.0 Å². The van der Waals surface area contributed by atoms with Gasteiger partial charge in [0, 0.05) is 12.7 Å². The van der Waals surface area contributed by atoms with Crippen molar-refractivity contribution in [2.75, 3.05) is 13.7 Å². The van der Waals surface area contributed by atoms with Crippen LogP contribution >= 0.6 is 0 Å². The molecule has 0 atom stereocenters. The molecule has 2 fully saturated rings.